The van der Waals surface area contributed by atoms with E-state index < -0.39 is 0 Å². The molecular weight excluding hydrogens is 252 g/mol. The van der Waals surface area contributed by atoms with Gasteiger partial charge < -0.3 is 25.2 Å². The number of benzene rings is 1. The Morgan fingerprint density at radius 3 is 2.30 bits per heavy atom. The Balaban J connectivity index is 1.73. The third-order valence-corrected chi connectivity index (χ3v) is 4.23. The predicted molar refractivity (Wildman–Crippen MR) is 83.6 cm³/mol. The molecule has 20 heavy (non-hydrogen) atoms. The zero-order chi connectivity index (χ0) is 13.9. The van der Waals surface area contributed by atoms with Crippen LogP contribution in [0.3, 0.4) is 0 Å². The molecule has 3 rings (SSSR count). The van der Waals surface area contributed by atoms with Gasteiger partial charge in [0.25, 0.3) is 0 Å². The molecule has 0 radical (unpaired) electrons. The molecular formula is C15H24N4O. The van der Waals surface area contributed by atoms with Gasteiger partial charge in [0.1, 0.15) is 0 Å². The van der Waals surface area contributed by atoms with E-state index >= 15 is 0 Å². The maximum atomic E-state index is 6.27. The molecule has 110 valence electrons. The first-order valence-corrected chi connectivity index (χ1v) is 7.40. The quantitative estimate of drug-likeness (QED) is 0.812. The lowest BCUT2D eigenvalue weighted by Crippen LogP contribution is -2.44. The van der Waals surface area contributed by atoms with Gasteiger partial charge in [-0.05, 0) is 25.2 Å². The first-order chi connectivity index (χ1) is 9.74. The predicted octanol–water partition coefficient (Wildman–Crippen LogP) is 0.857. The van der Waals surface area contributed by atoms with Crippen LogP contribution >= 0.6 is 0 Å². The molecule has 1 aromatic rings. The highest BCUT2D eigenvalue weighted by atomic mass is 16.5. The van der Waals surface area contributed by atoms with E-state index in [-0.39, 0.29) is 0 Å². The van der Waals surface area contributed by atoms with Crippen LogP contribution in [-0.2, 0) is 4.74 Å². The van der Waals surface area contributed by atoms with Gasteiger partial charge in [-0.15, -0.1) is 0 Å². The molecule has 0 aromatic heterocycles. The summed E-state index contributed by atoms with van der Waals surface area (Å²) in [7, 11) is 2.17. The third-order valence-electron chi connectivity index (χ3n) is 4.23. The minimum atomic E-state index is 0.791. The largest absolute Gasteiger partial charge is 0.397 e. The summed E-state index contributed by atoms with van der Waals surface area (Å²) in [5.41, 5.74) is 9.53. The standard InChI is InChI=1S/C15H24N4O/c1-17-4-6-18(7-5-17)13-2-3-15(14(16)12-13)19-8-10-20-11-9-19/h2-3,12H,4-11,16H2,1H3. The number of nitrogens with zero attached hydrogens (tertiary/aromatic N) is 3. The minimum absolute atomic E-state index is 0.791. The van der Waals surface area contributed by atoms with Crippen molar-refractivity contribution in [3.05, 3.63) is 18.2 Å². The Morgan fingerprint density at radius 2 is 1.65 bits per heavy atom. The van der Waals surface area contributed by atoms with E-state index in [1.807, 2.05) is 0 Å². The highest BCUT2D eigenvalue weighted by Gasteiger charge is 2.17. The molecule has 2 saturated heterocycles. The van der Waals surface area contributed by atoms with Gasteiger partial charge in [0.2, 0.25) is 0 Å². The first kappa shape index (κ1) is 13.5. The fraction of sp³-hybridized carbons (Fsp3) is 0.600. The number of hydrogen-bond donors (Lipinski definition) is 1. The number of anilines is 3. The Bertz CT molecular complexity index is 451. The summed E-state index contributed by atoms with van der Waals surface area (Å²) in [6, 6.07) is 6.48. The molecule has 2 aliphatic heterocycles. The molecule has 5 nitrogen and oxygen atoms in total. The van der Waals surface area contributed by atoms with E-state index in [9.17, 15) is 0 Å². The van der Waals surface area contributed by atoms with Gasteiger partial charge in [-0.25, -0.2) is 0 Å². The van der Waals surface area contributed by atoms with Crippen LogP contribution in [0, 0.1) is 0 Å². The van der Waals surface area contributed by atoms with E-state index in [0.29, 0.717) is 0 Å². The molecule has 1 aromatic carbocycles. The summed E-state index contributed by atoms with van der Waals surface area (Å²) >= 11 is 0. The van der Waals surface area contributed by atoms with Crippen LogP contribution in [0.4, 0.5) is 17.1 Å². The highest BCUT2D eigenvalue weighted by Crippen LogP contribution is 2.29. The molecule has 0 spiro atoms. The van der Waals surface area contributed by atoms with Crippen LogP contribution in [0.15, 0.2) is 18.2 Å². The number of likely N-dealkylation sites (N-methyl/N-ethyl adjacent to an activating group) is 1. The van der Waals surface area contributed by atoms with Crippen LogP contribution in [0.1, 0.15) is 0 Å². The maximum absolute atomic E-state index is 6.27. The van der Waals surface area contributed by atoms with Gasteiger partial charge >= 0.3 is 0 Å². The number of ether oxygens (including phenoxy) is 1. The second kappa shape index (κ2) is 5.89. The number of morpholine rings is 1. The molecule has 0 unspecified atom stereocenters. The van der Waals surface area contributed by atoms with Crippen molar-refractivity contribution in [3.8, 4) is 0 Å². The molecule has 2 N–H and O–H groups in total. The van der Waals surface area contributed by atoms with Crippen molar-refractivity contribution >= 4 is 17.1 Å². The number of nitrogen functional groups attached to an aromatic ring is 1. The molecule has 0 bridgehead atoms. The first-order valence-electron chi connectivity index (χ1n) is 7.40. The van der Waals surface area contributed by atoms with Gasteiger partial charge in [-0.2, -0.15) is 0 Å². The van der Waals surface area contributed by atoms with Gasteiger partial charge in [0, 0.05) is 45.0 Å². The van der Waals surface area contributed by atoms with E-state index in [1.165, 1.54) is 5.69 Å². The molecule has 0 amide bonds. The third kappa shape index (κ3) is 2.83. The van der Waals surface area contributed by atoms with Gasteiger partial charge in [-0.3, -0.25) is 0 Å². The van der Waals surface area contributed by atoms with Crippen LogP contribution in [0.2, 0.25) is 0 Å². The average Bonchev–Trinajstić information content (AvgIpc) is 2.49. The smallest absolute Gasteiger partial charge is 0.0642 e. The van der Waals surface area contributed by atoms with Crippen LogP contribution in [0.5, 0.6) is 0 Å². The summed E-state index contributed by atoms with van der Waals surface area (Å²) in [6.45, 7) is 7.82. The Kier molecular flexibility index (Phi) is 3.98. The number of piperazine rings is 1. The monoisotopic (exact) mass is 276 g/mol. The highest BCUT2D eigenvalue weighted by molar-refractivity contribution is 5.73. The summed E-state index contributed by atoms with van der Waals surface area (Å²) in [6.07, 6.45) is 0. The zero-order valence-electron chi connectivity index (χ0n) is 12.2. The lowest BCUT2D eigenvalue weighted by molar-refractivity contribution is 0.123. The van der Waals surface area contributed by atoms with Crippen LogP contribution < -0.4 is 15.5 Å². The normalized spacial score (nSPS) is 21.2. The molecule has 5 heteroatoms. The molecule has 0 aliphatic carbocycles. The number of hydrogen-bond acceptors (Lipinski definition) is 5. The van der Waals surface area contributed by atoms with Crippen LogP contribution in [0.25, 0.3) is 0 Å². The molecule has 2 aliphatic rings. The number of rotatable bonds is 2. The van der Waals surface area contributed by atoms with Crippen molar-refractivity contribution in [2.75, 3.05) is 75.1 Å². The summed E-state index contributed by atoms with van der Waals surface area (Å²) in [5, 5.41) is 0. The van der Waals surface area contributed by atoms with Crippen molar-refractivity contribution in [1.82, 2.24) is 4.90 Å². The van der Waals surface area contributed by atoms with E-state index in [2.05, 4.69) is 39.9 Å². The van der Waals surface area contributed by atoms with Gasteiger partial charge in [0.05, 0.1) is 24.6 Å². The van der Waals surface area contributed by atoms with Gasteiger partial charge in [-0.1, -0.05) is 0 Å². The molecule has 2 heterocycles. The second-order valence-electron chi connectivity index (χ2n) is 5.63. The Hall–Kier alpha value is -1.46. The minimum Gasteiger partial charge on any atom is -0.397 e. The van der Waals surface area contributed by atoms with Crippen molar-refractivity contribution < 1.29 is 4.74 Å². The van der Waals surface area contributed by atoms with Crippen molar-refractivity contribution in [2.45, 2.75) is 0 Å². The van der Waals surface area contributed by atoms with Crippen LogP contribution in [-0.4, -0.2) is 64.4 Å². The molecule has 2 fully saturated rings. The molecule has 0 saturated carbocycles. The van der Waals surface area contributed by atoms with E-state index in [0.717, 1.165) is 63.9 Å². The fourth-order valence-electron chi connectivity index (χ4n) is 2.90. The summed E-state index contributed by atoms with van der Waals surface area (Å²) in [4.78, 5) is 7.09. The van der Waals surface area contributed by atoms with Crippen molar-refractivity contribution in [2.24, 2.45) is 0 Å². The maximum Gasteiger partial charge on any atom is 0.0642 e. The topological polar surface area (TPSA) is 45.0 Å². The van der Waals surface area contributed by atoms with E-state index in [4.69, 9.17) is 10.5 Å². The lowest BCUT2D eigenvalue weighted by Gasteiger charge is -2.35. The summed E-state index contributed by atoms with van der Waals surface area (Å²) < 4.78 is 5.39. The Labute approximate surface area is 120 Å². The Morgan fingerprint density at radius 1 is 0.950 bits per heavy atom. The lowest BCUT2D eigenvalue weighted by atomic mass is 10.2. The van der Waals surface area contributed by atoms with Crippen molar-refractivity contribution in [3.63, 3.8) is 0 Å². The second-order valence-corrected chi connectivity index (χ2v) is 5.63. The fourth-order valence-corrected chi connectivity index (χ4v) is 2.90. The van der Waals surface area contributed by atoms with E-state index in [1.54, 1.807) is 0 Å². The SMILES string of the molecule is CN1CCN(c2ccc(N3CCOCC3)c(N)c2)CC1. The average molecular weight is 276 g/mol. The molecule has 0 atom stereocenters. The number of nitrogens with two attached hydrogens (primary N) is 1. The summed E-state index contributed by atoms with van der Waals surface area (Å²) in [5.74, 6) is 0. The van der Waals surface area contributed by atoms with Crippen molar-refractivity contribution in [1.29, 1.82) is 0 Å². The van der Waals surface area contributed by atoms with Gasteiger partial charge in [0.15, 0.2) is 0 Å². The zero-order valence-corrected chi connectivity index (χ0v) is 12.2.